The van der Waals surface area contributed by atoms with Crippen LogP contribution in [0.5, 0.6) is 0 Å². The Bertz CT molecular complexity index is 634. The second kappa shape index (κ2) is 6.10. The van der Waals surface area contributed by atoms with Crippen molar-refractivity contribution in [2.75, 3.05) is 11.9 Å². The normalized spacial score (nSPS) is 10.0. The topological polar surface area (TPSA) is 27.0 Å². The molecule has 0 unspecified atom stereocenters. The lowest BCUT2D eigenvalue weighted by atomic mass is 10.1. The number of hydrogen-bond acceptors (Lipinski definition) is 2. The van der Waals surface area contributed by atoms with Gasteiger partial charge in [-0.3, -0.25) is 0 Å². The first-order chi connectivity index (χ1) is 9.17. The van der Waals surface area contributed by atoms with E-state index < -0.39 is 0 Å². The standard InChI is InChI=1S/C15H12BrClN2/c1-19(14-5-3-2-4-12(14)10-18)15-7-6-11(9-16)8-13(15)17/h2-8H,9H2,1H3. The fraction of sp³-hybridized carbons (Fsp3) is 0.133. The van der Waals surface area contributed by atoms with Crippen LogP contribution in [-0.2, 0) is 5.33 Å². The molecule has 4 heteroatoms. The van der Waals surface area contributed by atoms with E-state index in [0.717, 1.165) is 22.3 Å². The van der Waals surface area contributed by atoms with Gasteiger partial charge in [-0.2, -0.15) is 5.26 Å². The van der Waals surface area contributed by atoms with Gasteiger partial charge in [-0.05, 0) is 29.8 Å². The summed E-state index contributed by atoms with van der Waals surface area (Å²) in [5.41, 5.74) is 3.48. The van der Waals surface area contributed by atoms with Gasteiger partial charge in [-0.15, -0.1) is 0 Å². The summed E-state index contributed by atoms with van der Waals surface area (Å²) in [6, 6.07) is 15.6. The van der Waals surface area contributed by atoms with Crippen molar-refractivity contribution in [3.63, 3.8) is 0 Å². The zero-order valence-electron chi connectivity index (χ0n) is 10.4. The molecule has 0 N–H and O–H groups in total. The minimum atomic E-state index is 0.630. The molecule has 0 aliphatic rings. The van der Waals surface area contributed by atoms with Gasteiger partial charge in [-0.1, -0.05) is 45.7 Å². The molecular weight excluding hydrogens is 324 g/mol. The van der Waals surface area contributed by atoms with E-state index in [2.05, 4.69) is 22.0 Å². The quantitative estimate of drug-likeness (QED) is 0.748. The van der Waals surface area contributed by atoms with Crippen LogP contribution >= 0.6 is 27.5 Å². The summed E-state index contributed by atoms with van der Waals surface area (Å²) < 4.78 is 0. The van der Waals surface area contributed by atoms with E-state index in [4.69, 9.17) is 16.9 Å². The van der Waals surface area contributed by atoms with Crippen molar-refractivity contribution < 1.29 is 0 Å². The van der Waals surface area contributed by atoms with Crippen LogP contribution in [0, 0.1) is 11.3 Å². The first kappa shape index (κ1) is 13.9. The summed E-state index contributed by atoms with van der Waals surface area (Å²) in [4.78, 5) is 1.93. The number of para-hydroxylation sites is 1. The Morgan fingerprint density at radius 1 is 1.21 bits per heavy atom. The third-order valence-electron chi connectivity index (χ3n) is 2.91. The van der Waals surface area contributed by atoms with E-state index in [1.165, 1.54) is 0 Å². The highest BCUT2D eigenvalue weighted by Crippen LogP contribution is 2.33. The molecule has 96 valence electrons. The zero-order valence-corrected chi connectivity index (χ0v) is 12.7. The maximum atomic E-state index is 9.15. The van der Waals surface area contributed by atoms with E-state index in [9.17, 15) is 0 Å². The summed E-state index contributed by atoms with van der Waals surface area (Å²) >= 11 is 9.71. The van der Waals surface area contributed by atoms with Crippen LogP contribution in [0.4, 0.5) is 11.4 Å². The van der Waals surface area contributed by atoms with Crippen LogP contribution in [-0.4, -0.2) is 7.05 Å². The van der Waals surface area contributed by atoms with Crippen molar-refractivity contribution in [1.82, 2.24) is 0 Å². The molecule has 0 radical (unpaired) electrons. The number of hydrogen-bond donors (Lipinski definition) is 0. The minimum absolute atomic E-state index is 0.630. The van der Waals surface area contributed by atoms with E-state index >= 15 is 0 Å². The number of benzene rings is 2. The lowest BCUT2D eigenvalue weighted by Gasteiger charge is -2.22. The molecule has 0 spiro atoms. The average molecular weight is 336 g/mol. The molecule has 0 bridgehead atoms. The van der Waals surface area contributed by atoms with Gasteiger partial charge < -0.3 is 4.90 Å². The Morgan fingerprint density at radius 3 is 2.58 bits per heavy atom. The number of anilines is 2. The molecular formula is C15H12BrClN2. The smallest absolute Gasteiger partial charge is 0.101 e. The van der Waals surface area contributed by atoms with Crippen LogP contribution in [0.3, 0.4) is 0 Å². The predicted octanol–water partition coefficient (Wildman–Crippen LogP) is 4.87. The van der Waals surface area contributed by atoms with Crippen LogP contribution in [0.25, 0.3) is 0 Å². The molecule has 0 atom stereocenters. The Labute approximate surface area is 126 Å². The molecule has 0 saturated carbocycles. The van der Waals surface area contributed by atoms with Crippen LogP contribution < -0.4 is 4.90 Å². The SMILES string of the molecule is CN(c1ccc(CBr)cc1Cl)c1ccccc1C#N. The van der Waals surface area contributed by atoms with E-state index in [-0.39, 0.29) is 0 Å². The molecule has 0 fully saturated rings. The molecule has 0 saturated heterocycles. The summed E-state index contributed by atoms with van der Waals surface area (Å²) in [7, 11) is 1.91. The second-order valence-electron chi connectivity index (χ2n) is 4.11. The number of alkyl halides is 1. The number of nitriles is 1. The van der Waals surface area contributed by atoms with Gasteiger partial charge >= 0.3 is 0 Å². The van der Waals surface area contributed by atoms with Gasteiger partial charge in [-0.25, -0.2) is 0 Å². The van der Waals surface area contributed by atoms with Crippen molar-refractivity contribution in [2.24, 2.45) is 0 Å². The Kier molecular flexibility index (Phi) is 4.47. The highest BCUT2D eigenvalue weighted by Gasteiger charge is 2.11. The number of halogens is 2. The zero-order chi connectivity index (χ0) is 13.8. The molecule has 2 rings (SSSR count). The third kappa shape index (κ3) is 2.91. The van der Waals surface area contributed by atoms with Crippen molar-refractivity contribution in [3.05, 3.63) is 58.6 Å². The van der Waals surface area contributed by atoms with Gasteiger partial charge in [0.1, 0.15) is 6.07 Å². The van der Waals surface area contributed by atoms with Gasteiger partial charge in [0.05, 0.1) is 22.0 Å². The van der Waals surface area contributed by atoms with Crippen molar-refractivity contribution in [3.8, 4) is 6.07 Å². The molecule has 0 amide bonds. The van der Waals surface area contributed by atoms with Crippen molar-refractivity contribution in [2.45, 2.75) is 5.33 Å². The second-order valence-corrected chi connectivity index (χ2v) is 5.08. The summed E-state index contributed by atoms with van der Waals surface area (Å²) in [5.74, 6) is 0. The maximum Gasteiger partial charge on any atom is 0.101 e. The molecule has 2 aromatic carbocycles. The molecule has 2 nitrogen and oxygen atoms in total. The summed E-state index contributed by atoms with van der Waals surface area (Å²) in [5, 5.41) is 10.6. The van der Waals surface area contributed by atoms with E-state index in [1.54, 1.807) is 6.07 Å². The first-order valence-corrected chi connectivity index (χ1v) is 7.24. The first-order valence-electron chi connectivity index (χ1n) is 5.74. The van der Waals surface area contributed by atoms with Crippen LogP contribution in [0.2, 0.25) is 5.02 Å². The highest BCUT2D eigenvalue weighted by atomic mass is 79.9. The van der Waals surface area contributed by atoms with Crippen molar-refractivity contribution in [1.29, 1.82) is 5.26 Å². The lowest BCUT2D eigenvalue weighted by molar-refractivity contribution is 1.19. The predicted molar refractivity (Wildman–Crippen MR) is 83.3 cm³/mol. The fourth-order valence-electron chi connectivity index (χ4n) is 1.90. The fourth-order valence-corrected chi connectivity index (χ4v) is 2.57. The third-order valence-corrected chi connectivity index (χ3v) is 3.86. The lowest BCUT2D eigenvalue weighted by Crippen LogP contribution is -2.11. The minimum Gasteiger partial charge on any atom is -0.342 e. The van der Waals surface area contributed by atoms with Gasteiger partial charge in [0, 0.05) is 12.4 Å². The Hall–Kier alpha value is -1.50. The Morgan fingerprint density at radius 2 is 1.95 bits per heavy atom. The van der Waals surface area contributed by atoms with Gasteiger partial charge in [0.15, 0.2) is 0 Å². The number of nitrogens with zero attached hydrogens (tertiary/aromatic N) is 2. The average Bonchev–Trinajstić information content (AvgIpc) is 2.46. The van der Waals surface area contributed by atoms with Crippen molar-refractivity contribution >= 4 is 38.9 Å². The van der Waals surface area contributed by atoms with Gasteiger partial charge in [0.25, 0.3) is 0 Å². The van der Waals surface area contributed by atoms with Crippen LogP contribution in [0.15, 0.2) is 42.5 Å². The van der Waals surface area contributed by atoms with Gasteiger partial charge in [0.2, 0.25) is 0 Å². The monoisotopic (exact) mass is 334 g/mol. The molecule has 0 heterocycles. The summed E-state index contributed by atoms with van der Waals surface area (Å²) in [6.07, 6.45) is 0. The molecule has 2 aromatic rings. The highest BCUT2D eigenvalue weighted by molar-refractivity contribution is 9.08. The summed E-state index contributed by atoms with van der Waals surface area (Å²) in [6.45, 7) is 0. The van der Waals surface area contributed by atoms with E-state index in [1.807, 2.05) is 48.3 Å². The number of rotatable bonds is 3. The molecule has 0 aromatic heterocycles. The largest absolute Gasteiger partial charge is 0.342 e. The maximum absolute atomic E-state index is 9.15. The molecule has 19 heavy (non-hydrogen) atoms. The van der Waals surface area contributed by atoms with Crippen LogP contribution in [0.1, 0.15) is 11.1 Å². The molecule has 0 aliphatic heterocycles. The molecule has 0 aliphatic carbocycles. The Balaban J connectivity index is 2.45. The van der Waals surface area contributed by atoms with E-state index in [0.29, 0.717) is 10.6 Å².